The topological polar surface area (TPSA) is 68.2 Å². The molecule has 2 fully saturated rings. The SMILES string of the molecule is CNC(=N)N(C)C(=O)[C@@H](CC1CCCCC1)CC1CCCC(NC)C1. The highest BCUT2D eigenvalue weighted by molar-refractivity contribution is 5.96. The number of nitrogens with one attached hydrogen (secondary N) is 3. The van der Waals surface area contributed by atoms with Crippen molar-refractivity contribution in [2.24, 2.45) is 17.8 Å². The maximum Gasteiger partial charge on any atom is 0.232 e. The number of carbonyl (C=O) groups excluding carboxylic acids is 1. The molecule has 0 radical (unpaired) electrons. The lowest BCUT2D eigenvalue weighted by Gasteiger charge is -2.34. The van der Waals surface area contributed by atoms with Crippen molar-refractivity contribution in [1.29, 1.82) is 5.41 Å². The van der Waals surface area contributed by atoms with Gasteiger partial charge in [-0.1, -0.05) is 44.9 Å². The highest BCUT2D eigenvalue weighted by Gasteiger charge is 2.32. The third-order valence-corrected chi connectivity index (χ3v) is 6.40. The van der Waals surface area contributed by atoms with E-state index < -0.39 is 0 Å². The molecule has 0 aromatic heterocycles. The van der Waals surface area contributed by atoms with Gasteiger partial charge in [0.05, 0.1) is 0 Å². The van der Waals surface area contributed by atoms with Crippen LogP contribution in [-0.2, 0) is 4.79 Å². The van der Waals surface area contributed by atoms with Crippen molar-refractivity contribution in [3.8, 4) is 0 Å². The first-order valence-corrected chi connectivity index (χ1v) is 10.3. The molecule has 0 aliphatic heterocycles. The maximum atomic E-state index is 13.1. The molecule has 5 nitrogen and oxygen atoms in total. The van der Waals surface area contributed by atoms with E-state index >= 15 is 0 Å². The van der Waals surface area contributed by atoms with Gasteiger partial charge in [-0.15, -0.1) is 0 Å². The van der Waals surface area contributed by atoms with Crippen molar-refractivity contribution in [3.63, 3.8) is 0 Å². The first-order valence-electron chi connectivity index (χ1n) is 10.3. The number of hydrogen-bond acceptors (Lipinski definition) is 3. The average Bonchev–Trinajstić information content (AvgIpc) is 2.66. The molecule has 2 saturated carbocycles. The third kappa shape index (κ3) is 5.98. The monoisotopic (exact) mass is 350 g/mol. The largest absolute Gasteiger partial charge is 0.359 e. The molecule has 25 heavy (non-hydrogen) atoms. The van der Waals surface area contributed by atoms with Gasteiger partial charge in [-0.25, -0.2) is 0 Å². The van der Waals surface area contributed by atoms with Gasteiger partial charge in [0, 0.05) is 26.1 Å². The standard InChI is InChI=1S/C20H38N4O/c1-22-18-11-7-10-16(14-18)13-17(12-15-8-5-4-6-9-15)19(25)24(3)20(21)23-2/h15-18,22H,4-14H2,1-3H3,(H2,21,23)/t16?,17-,18?/m0/s1. The zero-order valence-electron chi connectivity index (χ0n) is 16.4. The van der Waals surface area contributed by atoms with E-state index in [9.17, 15) is 4.79 Å². The average molecular weight is 351 g/mol. The third-order valence-electron chi connectivity index (χ3n) is 6.40. The van der Waals surface area contributed by atoms with Gasteiger partial charge >= 0.3 is 0 Å². The summed E-state index contributed by atoms with van der Waals surface area (Å²) in [4.78, 5) is 14.6. The van der Waals surface area contributed by atoms with Crippen molar-refractivity contribution in [2.45, 2.75) is 76.7 Å². The number of amides is 1. The Kier molecular flexibility index (Phi) is 8.20. The number of carbonyl (C=O) groups is 1. The van der Waals surface area contributed by atoms with Crippen molar-refractivity contribution >= 4 is 11.9 Å². The summed E-state index contributed by atoms with van der Waals surface area (Å²) < 4.78 is 0. The molecule has 1 amide bonds. The van der Waals surface area contributed by atoms with Gasteiger partial charge in [0.25, 0.3) is 0 Å². The first-order chi connectivity index (χ1) is 12.0. The van der Waals surface area contributed by atoms with E-state index in [1.165, 1.54) is 62.7 Å². The van der Waals surface area contributed by atoms with Crippen LogP contribution in [0.5, 0.6) is 0 Å². The van der Waals surface area contributed by atoms with Gasteiger partial charge < -0.3 is 10.6 Å². The molecule has 0 saturated heterocycles. The van der Waals surface area contributed by atoms with Crippen LogP contribution in [0.3, 0.4) is 0 Å². The van der Waals surface area contributed by atoms with Crippen LogP contribution in [0.15, 0.2) is 0 Å². The number of hydrogen-bond donors (Lipinski definition) is 3. The zero-order valence-corrected chi connectivity index (χ0v) is 16.4. The number of guanidine groups is 1. The second-order valence-corrected chi connectivity index (χ2v) is 8.19. The van der Waals surface area contributed by atoms with Crippen molar-refractivity contribution in [3.05, 3.63) is 0 Å². The summed E-state index contributed by atoms with van der Waals surface area (Å²) in [7, 11) is 5.51. The van der Waals surface area contributed by atoms with Crippen LogP contribution < -0.4 is 10.6 Å². The Labute approximate surface area is 153 Å². The van der Waals surface area contributed by atoms with Gasteiger partial charge in [0.15, 0.2) is 5.96 Å². The van der Waals surface area contributed by atoms with Crippen LogP contribution in [0.2, 0.25) is 0 Å². The van der Waals surface area contributed by atoms with Crippen LogP contribution in [0.4, 0.5) is 0 Å². The molecule has 2 aliphatic rings. The minimum absolute atomic E-state index is 0.0717. The molecule has 0 aromatic carbocycles. The molecular formula is C20H38N4O. The second-order valence-electron chi connectivity index (χ2n) is 8.19. The van der Waals surface area contributed by atoms with Gasteiger partial charge in [0.2, 0.25) is 5.91 Å². The lowest BCUT2D eigenvalue weighted by atomic mass is 9.75. The van der Waals surface area contributed by atoms with Gasteiger partial charge in [-0.05, 0) is 44.6 Å². The molecule has 3 atom stereocenters. The summed E-state index contributed by atoms with van der Waals surface area (Å²) in [6.45, 7) is 0. The molecule has 2 rings (SSSR count). The highest BCUT2D eigenvalue weighted by Crippen LogP contribution is 2.35. The van der Waals surface area contributed by atoms with E-state index in [-0.39, 0.29) is 17.8 Å². The molecule has 5 heteroatoms. The molecule has 2 aliphatic carbocycles. The number of nitrogens with zero attached hydrogens (tertiary/aromatic N) is 1. The Bertz CT molecular complexity index is 433. The van der Waals surface area contributed by atoms with Crippen LogP contribution in [0, 0.1) is 23.2 Å². The molecule has 3 N–H and O–H groups in total. The fourth-order valence-corrected chi connectivity index (χ4v) is 4.84. The quantitative estimate of drug-likeness (QED) is 0.508. The molecule has 0 heterocycles. The predicted molar refractivity (Wildman–Crippen MR) is 104 cm³/mol. The Hall–Kier alpha value is -1.10. The zero-order chi connectivity index (χ0) is 18.2. The lowest BCUT2D eigenvalue weighted by molar-refractivity contribution is -0.132. The van der Waals surface area contributed by atoms with E-state index in [1.54, 1.807) is 14.1 Å². The van der Waals surface area contributed by atoms with Gasteiger partial charge in [0.1, 0.15) is 0 Å². The summed E-state index contributed by atoms with van der Waals surface area (Å²) >= 11 is 0. The Morgan fingerprint density at radius 1 is 1.04 bits per heavy atom. The molecule has 144 valence electrons. The molecular weight excluding hydrogens is 312 g/mol. The fourth-order valence-electron chi connectivity index (χ4n) is 4.84. The summed E-state index contributed by atoms with van der Waals surface area (Å²) in [5.41, 5.74) is 0. The molecule has 2 unspecified atom stereocenters. The summed E-state index contributed by atoms with van der Waals surface area (Å²) in [5, 5.41) is 14.2. The van der Waals surface area contributed by atoms with E-state index in [2.05, 4.69) is 17.7 Å². The van der Waals surface area contributed by atoms with Crippen LogP contribution in [0.1, 0.15) is 70.6 Å². The lowest BCUT2D eigenvalue weighted by Crippen LogP contribution is -2.44. The Morgan fingerprint density at radius 2 is 1.68 bits per heavy atom. The summed E-state index contributed by atoms with van der Waals surface area (Å²) in [5.74, 6) is 1.75. The molecule has 0 bridgehead atoms. The number of rotatable bonds is 6. The van der Waals surface area contributed by atoms with Crippen LogP contribution in [-0.4, -0.2) is 44.0 Å². The minimum Gasteiger partial charge on any atom is -0.359 e. The van der Waals surface area contributed by atoms with E-state index in [0.29, 0.717) is 17.9 Å². The van der Waals surface area contributed by atoms with Crippen molar-refractivity contribution < 1.29 is 4.79 Å². The van der Waals surface area contributed by atoms with Crippen LogP contribution >= 0.6 is 0 Å². The highest BCUT2D eigenvalue weighted by atomic mass is 16.2. The normalized spacial score (nSPS) is 26.0. The smallest absolute Gasteiger partial charge is 0.232 e. The fraction of sp³-hybridized carbons (Fsp3) is 0.900. The van der Waals surface area contributed by atoms with E-state index in [1.807, 2.05) is 0 Å². The molecule has 0 spiro atoms. The van der Waals surface area contributed by atoms with Gasteiger partial charge in [-0.3, -0.25) is 15.1 Å². The Balaban J connectivity index is 2.02. The predicted octanol–water partition coefficient (Wildman–Crippen LogP) is 3.35. The Morgan fingerprint density at radius 3 is 2.32 bits per heavy atom. The summed E-state index contributed by atoms with van der Waals surface area (Å²) in [6.07, 6.45) is 13.5. The second kappa shape index (κ2) is 10.1. The first kappa shape index (κ1) is 20.2. The van der Waals surface area contributed by atoms with Gasteiger partial charge in [-0.2, -0.15) is 0 Å². The van der Waals surface area contributed by atoms with E-state index in [0.717, 1.165) is 12.8 Å². The van der Waals surface area contributed by atoms with Crippen molar-refractivity contribution in [2.75, 3.05) is 21.1 Å². The molecule has 0 aromatic rings. The minimum atomic E-state index is 0.0717. The van der Waals surface area contributed by atoms with Crippen molar-refractivity contribution in [1.82, 2.24) is 15.5 Å². The van der Waals surface area contributed by atoms with Crippen LogP contribution in [0.25, 0.3) is 0 Å². The van der Waals surface area contributed by atoms with E-state index in [4.69, 9.17) is 5.41 Å². The summed E-state index contributed by atoms with van der Waals surface area (Å²) in [6, 6.07) is 0.609. The maximum absolute atomic E-state index is 13.1.